The minimum atomic E-state index is -0.813. The van der Waals surface area contributed by atoms with Crippen molar-refractivity contribution in [2.45, 2.75) is 5.37 Å². The van der Waals surface area contributed by atoms with Crippen LogP contribution in [-0.4, -0.2) is 11.7 Å². The second kappa shape index (κ2) is 5.44. The quantitative estimate of drug-likeness (QED) is 0.839. The van der Waals surface area contributed by atoms with E-state index >= 15 is 0 Å². The van der Waals surface area contributed by atoms with Gasteiger partial charge in [-0.15, -0.1) is 11.8 Å². The normalized spacial score (nSPS) is 18.3. The first-order valence-electron chi connectivity index (χ1n) is 6.20. The van der Waals surface area contributed by atoms with E-state index in [9.17, 15) is 18.0 Å². The number of carbonyl (C=O) groups excluding carboxylic acids is 1. The monoisotopic (exact) mass is 309 g/mol. The average molecular weight is 309 g/mol. The Kier molecular flexibility index (Phi) is 3.63. The van der Waals surface area contributed by atoms with Gasteiger partial charge >= 0.3 is 0 Å². The molecule has 1 atom stereocenters. The van der Waals surface area contributed by atoms with Gasteiger partial charge in [-0.25, -0.2) is 13.2 Å². The van der Waals surface area contributed by atoms with Gasteiger partial charge in [-0.05, 0) is 29.8 Å². The summed E-state index contributed by atoms with van der Waals surface area (Å²) in [5, 5.41) is -0.520. The molecule has 0 saturated carbocycles. The lowest BCUT2D eigenvalue weighted by Gasteiger charge is -2.24. The third kappa shape index (κ3) is 2.63. The maximum atomic E-state index is 13.9. The summed E-state index contributed by atoms with van der Waals surface area (Å²) in [5.41, 5.74) is 0.565. The molecule has 1 aliphatic heterocycles. The van der Waals surface area contributed by atoms with E-state index in [0.717, 1.165) is 12.1 Å². The second-order valence-corrected chi connectivity index (χ2v) is 5.65. The topological polar surface area (TPSA) is 20.3 Å². The molecule has 0 bridgehead atoms. The van der Waals surface area contributed by atoms with Gasteiger partial charge in [0.15, 0.2) is 0 Å². The Morgan fingerprint density at radius 2 is 1.81 bits per heavy atom. The zero-order chi connectivity index (χ0) is 15.0. The van der Waals surface area contributed by atoms with Crippen LogP contribution in [0.1, 0.15) is 10.9 Å². The van der Waals surface area contributed by atoms with Crippen LogP contribution in [0.15, 0.2) is 42.5 Å². The van der Waals surface area contributed by atoms with E-state index in [-0.39, 0.29) is 17.3 Å². The molecule has 1 fully saturated rings. The average Bonchev–Trinajstić information content (AvgIpc) is 2.81. The molecule has 0 aromatic heterocycles. The Bertz CT molecular complexity index is 707. The molecule has 0 radical (unpaired) electrons. The summed E-state index contributed by atoms with van der Waals surface area (Å²) in [6.45, 7) is 0. The molecule has 1 amide bonds. The maximum Gasteiger partial charge on any atom is 0.238 e. The minimum Gasteiger partial charge on any atom is -0.292 e. The van der Waals surface area contributed by atoms with Crippen molar-refractivity contribution in [1.29, 1.82) is 0 Å². The highest BCUT2D eigenvalue weighted by molar-refractivity contribution is 8.00. The SMILES string of the molecule is O=C1CS[C@@H](c2cccc(F)c2)N1c1ccc(F)cc1F. The van der Waals surface area contributed by atoms with E-state index in [1.165, 1.54) is 40.9 Å². The van der Waals surface area contributed by atoms with E-state index < -0.39 is 22.8 Å². The van der Waals surface area contributed by atoms with E-state index in [1.807, 2.05) is 0 Å². The maximum absolute atomic E-state index is 13.9. The standard InChI is InChI=1S/C15H10F3NOS/c16-10-3-1-2-9(6-10)15-19(14(20)8-21-15)13-5-4-11(17)7-12(13)18/h1-7,15H,8H2/t15-/m0/s1. The molecule has 0 N–H and O–H groups in total. The lowest BCUT2D eigenvalue weighted by molar-refractivity contribution is -0.115. The van der Waals surface area contributed by atoms with Crippen molar-refractivity contribution in [1.82, 2.24) is 0 Å². The molecule has 0 unspecified atom stereocenters. The van der Waals surface area contributed by atoms with Crippen molar-refractivity contribution in [3.05, 3.63) is 65.5 Å². The number of rotatable bonds is 2. The van der Waals surface area contributed by atoms with Crippen LogP contribution in [0.4, 0.5) is 18.9 Å². The van der Waals surface area contributed by atoms with E-state index in [0.29, 0.717) is 5.56 Å². The van der Waals surface area contributed by atoms with Gasteiger partial charge in [0.1, 0.15) is 22.8 Å². The Morgan fingerprint density at radius 1 is 1.05 bits per heavy atom. The first kappa shape index (κ1) is 14.0. The first-order valence-corrected chi connectivity index (χ1v) is 7.25. The fourth-order valence-corrected chi connectivity index (χ4v) is 3.43. The van der Waals surface area contributed by atoms with Crippen LogP contribution in [0.5, 0.6) is 0 Å². The van der Waals surface area contributed by atoms with E-state index in [4.69, 9.17) is 0 Å². The molecule has 6 heteroatoms. The lowest BCUT2D eigenvalue weighted by Crippen LogP contribution is -2.28. The van der Waals surface area contributed by atoms with Gasteiger partial charge in [0, 0.05) is 6.07 Å². The molecule has 2 aromatic rings. The predicted octanol–water partition coefficient (Wildman–Crippen LogP) is 3.88. The lowest BCUT2D eigenvalue weighted by atomic mass is 10.1. The summed E-state index contributed by atoms with van der Waals surface area (Å²) in [6, 6.07) is 8.87. The fraction of sp³-hybridized carbons (Fsp3) is 0.133. The Hall–Kier alpha value is -1.95. The number of halogens is 3. The Morgan fingerprint density at radius 3 is 2.52 bits per heavy atom. The number of amides is 1. The number of carbonyl (C=O) groups is 1. The third-order valence-electron chi connectivity index (χ3n) is 3.17. The molecule has 2 nitrogen and oxygen atoms in total. The largest absolute Gasteiger partial charge is 0.292 e. The summed E-state index contributed by atoms with van der Waals surface area (Å²) >= 11 is 1.28. The molecular weight excluding hydrogens is 299 g/mol. The molecule has 1 saturated heterocycles. The second-order valence-electron chi connectivity index (χ2n) is 4.58. The van der Waals surface area contributed by atoms with Crippen LogP contribution >= 0.6 is 11.8 Å². The number of hydrogen-bond donors (Lipinski definition) is 0. The molecule has 3 rings (SSSR count). The summed E-state index contributed by atoms with van der Waals surface area (Å²) < 4.78 is 40.3. The van der Waals surface area contributed by atoms with Crippen molar-refractivity contribution < 1.29 is 18.0 Å². The van der Waals surface area contributed by atoms with Gasteiger partial charge in [0.25, 0.3) is 0 Å². The highest BCUT2D eigenvalue weighted by Gasteiger charge is 2.35. The minimum absolute atomic E-state index is 0.000612. The van der Waals surface area contributed by atoms with Gasteiger partial charge in [-0.1, -0.05) is 12.1 Å². The molecule has 1 aliphatic rings. The van der Waals surface area contributed by atoms with E-state index in [2.05, 4.69) is 0 Å². The van der Waals surface area contributed by atoms with Gasteiger partial charge in [0.2, 0.25) is 5.91 Å². The molecule has 2 aromatic carbocycles. The van der Waals surface area contributed by atoms with Crippen LogP contribution in [0.3, 0.4) is 0 Å². The number of thioether (sulfide) groups is 1. The van der Waals surface area contributed by atoms with Gasteiger partial charge < -0.3 is 0 Å². The van der Waals surface area contributed by atoms with Crippen LogP contribution in [0.2, 0.25) is 0 Å². The van der Waals surface area contributed by atoms with Crippen LogP contribution in [0.25, 0.3) is 0 Å². The van der Waals surface area contributed by atoms with E-state index in [1.54, 1.807) is 6.07 Å². The molecule has 108 valence electrons. The zero-order valence-electron chi connectivity index (χ0n) is 10.7. The zero-order valence-corrected chi connectivity index (χ0v) is 11.5. The van der Waals surface area contributed by atoms with Gasteiger partial charge in [-0.2, -0.15) is 0 Å². The predicted molar refractivity (Wildman–Crippen MR) is 75.4 cm³/mol. The number of nitrogens with zero attached hydrogens (tertiary/aromatic N) is 1. The number of hydrogen-bond acceptors (Lipinski definition) is 2. The van der Waals surface area contributed by atoms with Gasteiger partial charge in [-0.3, -0.25) is 9.69 Å². The molecule has 21 heavy (non-hydrogen) atoms. The van der Waals surface area contributed by atoms with Crippen LogP contribution in [0, 0.1) is 17.5 Å². The van der Waals surface area contributed by atoms with Crippen molar-refractivity contribution in [3.63, 3.8) is 0 Å². The third-order valence-corrected chi connectivity index (χ3v) is 4.38. The molecule has 0 spiro atoms. The van der Waals surface area contributed by atoms with Crippen molar-refractivity contribution in [3.8, 4) is 0 Å². The fourth-order valence-electron chi connectivity index (χ4n) is 2.27. The number of benzene rings is 2. The Labute approximate surface area is 123 Å². The highest BCUT2D eigenvalue weighted by atomic mass is 32.2. The number of anilines is 1. The molecular formula is C15H10F3NOS. The summed E-state index contributed by atoms with van der Waals surface area (Å²) in [7, 11) is 0. The summed E-state index contributed by atoms with van der Waals surface area (Å²) in [6.07, 6.45) is 0. The first-order chi connectivity index (χ1) is 10.1. The Balaban J connectivity index is 2.04. The van der Waals surface area contributed by atoms with Crippen molar-refractivity contribution in [2.24, 2.45) is 0 Å². The highest BCUT2D eigenvalue weighted by Crippen LogP contribution is 2.42. The summed E-state index contributed by atoms with van der Waals surface area (Å²) in [5.74, 6) is -2.07. The van der Waals surface area contributed by atoms with Crippen molar-refractivity contribution in [2.75, 3.05) is 10.7 Å². The summed E-state index contributed by atoms with van der Waals surface area (Å²) in [4.78, 5) is 13.3. The van der Waals surface area contributed by atoms with Crippen LogP contribution in [-0.2, 0) is 4.79 Å². The van der Waals surface area contributed by atoms with Crippen LogP contribution < -0.4 is 4.90 Å². The van der Waals surface area contributed by atoms with Crippen molar-refractivity contribution >= 4 is 23.4 Å². The van der Waals surface area contributed by atoms with Gasteiger partial charge in [0.05, 0.1) is 11.4 Å². The smallest absolute Gasteiger partial charge is 0.238 e. The molecule has 1 heterocycles. The molecule has 0 aliphatic carbocycles.